The van der Waals surface area contributed by atoms with Crippen molar-refractivity contribution in [3.05, 3.63) is 28.8 Å². The van der Waals surface area contributed by atoms with E-state index >= 15 is 0 Å². The van der Waals surface area contributed by atoms with E-state index in [0.29, 0.717) is 4.90 Å². The van der Waals surface area contributed by atoms with E-state index in [1.807, 2.05) is 19.1 Å². The van der Waals surface area contributed by atoms with Crippen LogP contribution in [0.15, 0.2) is 17.0 Å². The van der Waals surface area contributed by atoms with Crippen LogP contribution in [-0.4, -0.2) is 21.1 Å². The fraction of sp³-hybridized carbons (Fsp3) is 0.500. The van der Waals surface area contributed by atoms with Gasteiger partial charge >= 0.3 is 0 Å². The third-order valence-corrected chi connectivity index (χ3v) is 4.47. The van der Waals surface area contributed by atoms with E-state index in [1.165, 1.54) is 0 Å². The Hall–Kier alpha value is -0.950. The van der Waals surface area contributed by atoms with Gasteiger partial charge in [-0.2, -0.15) is 0 Å². The van der Waals surface area contributed by atoms with E-state index in [1.54, 1.807) is 20.8 Å². The zero-order chi connectivity index (χ0) is 13.9. The van der Waals surface area contributed by atoms with Crippen LogP contribution in [0, 0.1) is 20.8 Å². The molecular weight excluding hydrogens is 252 g/mol. The number of rotatable bonds is 5. The molecule has 0 spiro atoms. The summed E-state index contributed by atoms with van der Waals surface area (Å²) >= 11 is 0. The van der Waals surface area contributed by atoms with Gasteiger partial charge in [0.25, 0.3) is 0 Å². The molecule has 0 aromatic heterocycles. The molecular formula is C12H20N2O3S. The zero-order valence-electron chi connectivity index (χ0n) is 11.1. The lowest BCUT2D eigenvalue weighted by Gasteiger charge is -2.16. The maximum absolute atomic E-state index is 12.3. The summed E-state index contributed by atoms with van der Waals surface area (Å²) in [6, 6.07) is 3.33. The smallest absolute Gasteiger partial charge is 0.241 e. The maximum Gasteiger partial charge on any atom is 0.241 e. The topological polar surface area (TPSA) is 81.4 Å². The molecule has 1 atom stereocenters. The van der Waals surface area contributed by atoms with Crippen molar-refractivity contribution in [2.75, 3.05) is 6.61 Å². The molecule has 102 valence electrons. The normalized spacial score (nSPS) is 13.6. The standard InChI is InChI=1S/C12H20N2O3S/c1-8-5-9(2)12(10(3)6-8)18(15,16)14-11(4)7-17-13/h5-6,11,14H,7,13H2,1-4H3. The van der Waals surface area contributed by atoms with Crippen molar-refractivity contribution >= 4 is 10.0 Å². The van der Waals surface area contributed by atoms with Crippen molar-refractivity contribution in [2.24, 2.45) is 5.90 Å². The lowest BCUT2D eigenvalue weighted by molar-refractivity contribution is 0.124. The molecule has 6 heteroatoms. The molecule has 1 aromatic carbocycles. The van der Waals surface area contributed by atoms with Gasteiger partial charge in [0.2, 0.25) is 10.0 Å². The quantitative estimate of drug-likeness (QED) is 0.788. The van der Waals surface area contributed by atoms with Gasteiger partial charge in [0.15, 0.2) is 0 Å². The Kier molecular flexibility index (Phi) is 4.86. The summed E-state index contributed by atoms with van der Waals surface area (Å²) < 4.78 is 27.1. The number of sulfonamides is 1. The highest BCUT2D eigenvalue weighted by Gasteiger charge is 2.21. The Morgan fingerprint density at radius 2 is 1.78 bits per heavy atom. The van der Waals surface area contributed by atoms with Crippen LogP contribution in [0.2, 0.25) is 0 Å². The van der Waals surface area contributed by atoms with Gasteiger partial charge < -0.3 is 4.84 Å². The van der Waals surface area contributed by atoms with E-state index in [4.69, 9.17) is 5.90 Å². The molecule has 0 aliphatic carbocycles. The summed E-state index contributed by atoms with van der Waals surface area (Å²) in [7, 11) is -3.55. The molecule has 0 fully saturated rings. The van der Waals surface area contributed by atoms with Crippen molar-refractivity contribution < 1.29 is 13.3 Å². The third-order valence-electron chi connectivity index (χ3n) is 2.58. The van der Waals surface area contributed by atoms with Crippen LogP contribution in [0.3, 0.4) is 0 Å². The van der Waals surface area contributed by atoms with Crippen molar-refractivity contribution in [3.63, 3.8) is 0 Å². The number of hydrogen-bond donors (Lipinski definition) is 2. The highest BCUT2D eigenvalue weighted by Crippen LogP contribution is 2.21. The van der Waals surface area contributed by atoms with Crippen molar-refractivity contribution in [1.29, 1.82) is 0 Å². The van der Waals surface area contributed by atoms with Gasteiger partial charge in [0, 0.05) is 6.04 Å². The molecule has 0 saturated carbocycles. The highest BCUT2D eigenvalue weighted by atomic mass is 32.2. The molecule has 18 heavy (non-hydrogen) atoms. The molecule has 1 aromatic rings. The van der Waals surface area contributed by atoms with E-state index in [0.717, 1.165) is 16.7 Å². The van der Waals surface area contributed by atoms with Crippen LogP contribution in [0.25, 0.3) is 0 Å². The van der Waals surface area contributed by atoms with Crippen LogP contribution >= 0.6 is 0 Å². The number of aryl methyl sites for hydroxylation is 3. The van der Waals surface area contributed by atoms with Crippen LogP contribution < -0.4 is 10.6 Å². The van der Waals surface area contributed by atoms with Gasteiger partial charge in [-0.05, 0) is 38.8 Å². The molecule has 0 radical (unpaired) electrons. The van der Waals surface area contributed by atoms with Gasteiger partial charge in [-0.1, -0.05) is 17.7 Å². The average Bonchev–Trinajstić information content (AvgIpc) is 2.13. The minimum absolute atomic E-state index is 0.128. The first-order chi connectivity index (χ1) is 8.27. The lowest BCUT2D eigenvalue weighted by Crippen LogP contribution is -2.37. The van der Waals surface area contributed by atoms with Gasteiger partial charge in [-0.15, -0.1) is 0 Å². The maximum atomic E-state index is 12.3. The van der Waals surface area contributed by atoms with Gasteiger partial charge in [-0.3, -0.25) is 0 Å². The molecule has 0 aliphatic heterocycles. The molecule has 3 N–H and O–H groups in total. The molecule has 1 rings (SSSR count). The molecule has 5 nitrogen and oxygen atoms in total. The Labute approximate surface area is 108 Å². The summed E-state index contributed by atoms with van der Waals surface area (Å²) in [4.78, 5) is 4.77. The number of hydrogen-bond acceptors (Lipinski definition) is 4. The fourth-order valence-electron chi connectivity index (χ4n) is 2.09. The molecule has 0 amide bonds. The SMILES string of the molecule is Cc1cc(C)c(S(=O)(=O)NC(C)CON)c(C)c1. The summed E-state index contributed by atoms with van der Waals surface area (Å²) in [5, 5.41) is 0. The van der Waals surface area contributed by atoms with Crippen molar-refractivity contribution in [3.8, 4) is 0 Å². The Morgan fingerprint density at radius 3 is 2.22 bits per heavy atom. The minimum atomic E-state index is -3.55. The highest BCUT2D eigenvalue weighted by molar-refractivity contribution is 7.89. The second-order valence-corrected chi connectivity index (χ2v) is 6.23. The summed E-state index contributed by atoms with van der Waals surface area (Å²) in [5.74, 6) is 4.93. The molecule has 1 unspecified atom stereocenters. The first-order valence-corrected chi connectivity index (χ1v) is 7.18. The second-order valence-electron chi connectivity index (χ2n) is 4.58. The van der Waals surface area contributed by atoms with Crippen LogP contribution in [0.5, 0.6) is 0 Å². The summed E-state index contributed by atoms with van der Waals surface area (Å²) in [6.07, 6.45) is 0. The van der Waals surface area contributed by atoms with Crippen LogP contribution in [-0.2, 0) is 14.9 Å². The molecule has 0 heterocycles. The van der Waals surface area contributed by atoms with Gasteiger partial charge in [0.1, 0.15) is 0 Å². The second kappa shape index (κ2) is 5.79. The number of nitrogens with one attached hydrogen (secondary N) is 1. The molecule has 0 saturated heterocycles. The van der Waals surface area contributed by atoms with E-state index in [2.05, 4.69) is 9.56 Å². The van der Waals surface area contributed by atoms with Crippen LogP contribution in [0.1, 0.15) is 23.6 Å². The van der Waals surface area contributed by atoms with E-state index < -0.39 is 10.0 Å². The minimum Gasteiger partial charge on any atom is -0.303 e. The average molecular weight is 272 g/mol. The van der Waals surface area contributed by atoms with Gasteiger partial charge in [0.05, 0.1) is 11.5 Å². The van der Waals surface area contributed by atoms with Crippen molar-refractivity contribution in [2.45, 2.75) is 38.6 Å². The number of benzene rings is 1. The lowest BCUT2D eigenvalue weighted by atomic mass is 10.1. The number of nitrogens with two attached hydrogens (primary N) is 1. The van der Waals surface area contributed by atoms with Crippen molar-refractivity contribution in [1.82, 2.24) is 4.72 Å². The first-order valence-electron chi connectivity index (χ1n) is 5.69. The third kappa shape index (κ3) is 3.52. The summed E-state index contributed by atoms with van der Waals surface area (Å²) in [5.41, 5.74) is 2.52. The predicted octanol–water partition coefficient (Wildman–Crippen LogP) is 1.17. The summed E-state index contributed by atoms with van der Waals surface area (Å²) in [6.45, 7) is 7.35. The van der Waals surface area contributed by atoms with Gasteiger partial charge in [-0.25, -0.2) is 19.0 Å². The van der Waals surface area contributed by atoms with E-state index in [9.17, 15) is 8.42 Å². The Bertz CT molecular complexity index is 503. The first kappa shape index (κ1) is 15.1. The predicted molar refractivity (Wildman–Crippen MR) is 70.6 cm³/mol. The Morgan fingerprint density at radius 1 is 1.28 bits per heavy atom. The zero-order valence-corrected chi connectivity index (χ0v) is 12.0. The molecule has 0 aliphatic rings. The van der Waals surface area contributed by atoms with E-state index in [-0.39, 0.29) is 12.6 Å². The Balaban J connectivity index is 3.13. The fourth-order valence-corrected chi connectivity index (χ4v) is 3.77. The van der Waals surface area contributed by atoms with Crippen LogP contribution in [0.4, 0.5) is 0 Å². The largest absolute Gasteiger partial charge is 0.303 e. The molecule has 0 bridgehead atoms. The monoisotopic (exact) mass is 272 g/mol.